The van der Waals surface area contributed by atoms with Crippen molar-refractivity contribution < 1.29 is 24.2 Å². The van der Waals surface area contributed by atoms with E-state index in [0.717, 1.165) is 37.0 Å². The second-order valence-electron chi connectivity index (χ2n) is 7.00. The predicted molar refractivity (Wildman–Crippen MR) is 116 cm³/mol. The minimum Gasteiger partial charge on any atom is -0.493 e. The lowest BCUT2D eigenvalue weighted by Crippen LogP contribution is -2.33. The monoisotopic (exact) mass is 434 g/mol. The molecule has 1 amide bonds. The van der Waals surface area contributed by atoms with E-state index in [1.54, 1.807) is 13.2 Å². The normalized spacial score (nSPS) is 21.2. The zero-order valence-corrected chi connectivity index (χ0v) is 17.7. The fourth-order valence-electron chi connectivity index (χ4n) is 3.24. The van der Waals surface area contributed by atoms with Gasteiger partial charge in [0.2, 0.25) is 5.91 Å². The van der Waals surface area contributed by atoms with E-state index in [1.165, 1.54) is 25.5 Å². The number of rotatable bonds is 9. The summed E-state index contributed by atoms with van der Waals surface area (Å²) >= 11 is 1.06. The largest absolute Gasteiger partial charge is 0.493 e. The summed E-state index contributed by atoms with van der Waals surface area (Å²) in [5, 5.41) is 18.9. The number of nitrogens with zero attached hydrogens (tertiary/aromatic N) is 3. The Bertz CT molecular complexity index is 823. The highest BCUT2D eigenvalue weighted by atomic mass is 32.2. The van der Waals surface area contributed by atoms with E-state index in [4.69, 9.17) is 14.6 Å². The van der Waals surface area contributed by atoms with Crippen LogP contribution in [-0.2, 0) is 9.59 Å². The van der Waals surface area contributed by atoms with Crippen molar-refractivity contribution in [2.75, 3.05) is 33.4 Å². The third-order valence-corrected chi connectivity index (χ3v) is 5.87. The first kappa shape index (κ1) is 22.1. The van der Waals surface area contributed by atoms with Crippen LogP contribution in [0.3, 0.4) is 0 Å². The van der Waals surface area contributed by atoms with Crippen molar-refractivity contribution >= 4 is 35.0 Å². The van der Waals surface area contributed by atoms with Gasteiger partial charge in [-0.25, -0.2) is 0 Å². The molecular weight excluding hydrogens is 408 g/mol. The molecule has 0 aromatic heterocycles. The van der Waals surface area contributed by atoms with Crippen LogP contribution in [0.4, 0.5) is 0 Å². The second-order valence-corrected chi connectivity index (χ2v) is 8.20. The number of methoxy groups -OCH3 is 1. The molecule has 10 heteroatoms. The van der Waals surface area contributed by atoms with Gasteiger partial charge in [-0.3, -0.25) is 14.5 Å². The number of amidine groups is 1. The van der Waals surface area contributed by atoms with Crippen LogP contribution < -0.4 is 14.8 Å². The topological polar surface area (TPSA) is 113 Å². The molecule has 1 aromatic rings. The molecular formula is C20H26N4O5S. The summed E-state index contributed by atoms with van der Waals surface area (Å²) in [5.41, 5.74) is 0.760. The maximum absolute atomic E-state index is 11.7. The molecule has 1 unspecified atom stereocenters. The Morgan fingerprint density at radius 2 is 2.13 bits per heavy atom. The average Bonchev–Trinajstić information content (AvgIpc) is 3.08. The van der Waals surface area contributed by atoms with E-state index in [1.807, 2.05) is 12.1 Å². The summed E-state index contributed by atoms with van der Waals surface area (Å²) in [6, 6.07) is 5.47. The molecule has 9 nitrogen and oxygen atoms in total. The number of benzene rings is 1. The SMILES string of the molecule is COc1cc(C=NN=C2NC(=O)C(CC(=O)O)S2)ccc1OCCN1CCCCC1. The van der Waals surface area contributed by atoms with Crippen molar-refractivity contribution in [1.82, 2.24) is 10.2 Å². The van der Waals surface area contributed by atoms with Crippen molar-refractivity contribution in [3.05, 3.63) is 23.8 Å². The summed E-state index contributed by atoms with van der Waals surface area (Å²) < 4.78 is 11.3. The maximum atomic E-state index is 11.7. The first-order valence-electron chi connectivity index (χ1n) is 9.88. The Morgan fingerprint density at radius 3 is 2.87 bits per heavy atom. The number of carboxylic acid groups (broad SMARTS) is 1. The van der Waals surface area contributed by atoms with E-state index in [-0.39, 0.29) is 17.5 Å². The maximum Gasteiger partial charge on any atom is 0.305 e. The zero-order valence-electron chi connectivity index (χ0n) is 16.9. The van der Waals surface area contributed by atoms with Crippen LogP contribution >= 0.6 is 11.8 Å². The van der Waals surface area contributed by atoms with Crippen LogP contribution in [-0.4, -0.2) is 71.9 Å². The highest BCUT2D eigenvalue weighted by Crippen LogP contribution is 2.28. The highest BCUT2D eigenvalue weighted by Gasteiger charge is 2.32. The number of ether oxygens (including phenoxy) is 2. The average molecular weight is 435 g/mol. The van der Waals surface area contributed by atoms with Crippen molar-refractivity contribution in [3.63, 3.8) is 0 Å². The summed E-state index contributed by atoms with van der Waals surface area (Å²) in [5.74, 6) is -0.120. The van der Waals surface area contributed by atoms with Gasteiger partial charge >= 0.3 is 5.97 Å². The lowest BCUT2D eigenvalue weighted by atomic mass is 10.1. The molecule has 3 rings (SSSR count). The van der Waals surface area contributed by atoms with Gasteiger partial charge in [0.05, 0.1) is 19.7 Å². The molecule has 0 spiro atoms. The van der Waals surface area contributed by atoms with E-state index < -0.39 is 11.2 Å². The number of aliphatic carboxylic acids is 1. The molecule has 2 aliphatic rings. The number of hydrogen-bond acceptors (Lipinski definition) is 8. The molecule has 1 atom stereocenters. The van der Waals surface area contributed by atoms with Gasteiger partial charge < -0.3 is 19.9 Å². The summed E-state index contributed by atoms with van der Waals surface area (Å²) in [7, 11) is 1.58. The van der Waals surface area contributed by atoms with Gasteiger partial charge in [0.25, 0.3) is 0 Å². The number of carbonyl (C=O) groups excluding carboxylic acids is 1. The van der Waals surface area contributed by atoms with Gasteiger partial charge in [-0.05, 0) is 49.7 Å². The number of amides is 1. The van der Waals surface area contributed by atoms with E-state index >= 15 is 0 Å². The Hall–Kier alpha value is -2.59. The first-order chi connectivity index (χ1) is 14.5. The van der Waals surface area contributed by atoms with Crippen LogP contribution in [0.2, 0.25) is 0 Å². The second kappa shape index (κ2) is 11.0. The Kier molecular flexibility index (Phi) is 8.09. The number of carbonyl (C=O) groups is 2. The molecule has 2 aliphatic heterocycles. The van der Waals surface area contributed by atoms with Gasteiger partial charge in [0.1, 0.15) is 11.9 Å². The number of thioether (sulfide) groups is 1. The molecule has 0 saturated carbocycles. The first-order valence-corrected chi connectivity index (χ1v) is 10.8. The molecule has 30 heavy (non-hydrogen) atoms. The van der Waals surface area contributed by atoms with Crippen LogP contribution in [0.5, 0.6) is 11.5 Å². The fraction of sp³-hybridized carbons (Fsp3) is 0.500. The van der Waals surface area contributed by atoms with Crippen LogP contribution in [0.25, 0.3) is 0 Å². The minimum atomic E-state index is -1.03. The van der Waals surface area contributed by atoms with E-state index in [0.29, 0.717) is 18.1 Å². The van der Waals surface area contributed by atoms with E-state index in [9.17, 15) is 9.59 Å². The standard InChI is InChI=1S/C20H26N4O5S/c1-28-16-11-14(5-6-15(16)29-10-9-24-7-3-2-4-8-24)13-21-23-20-22-19(27)17(30-20)12-18(25)26/h5-6,11,13,17H,2-4,7-10,12H2,1H3,(H,25,26)(H,22,23,27). The molecule has 0 bridgehead atoms. The lowest BCUT2D eigenvalue weighted by Gasteiger charge is -2.26. The minimum absolute atomic E-state index is 0.254. The third kappa shape index (κ3) is 6.46. The number of likely N-dealkylation sites (tertiary alicyclic amines) is 1. The van der Waals surface area contributed by atoms with Gasteiger partial charge in [0.15, 0.2) is 16.7 Å². The van der Waals surface area contributed by atoms with Crippen LogP contribution in [0.15, 0.2) is 28.4 Å². The molecule has 0 radical (unpaired) electrons. The van der Waals surface area contributed by atoms with Gasteiger partial charge in [-0.1, -0.05) is 18.2 Å². The van der Waals surface area contributed by atoms with Crippen molar-refractivity contribution in [3.8, 4) is 11.5 Å². The molecule has 2 heterocycles. The smallest absolute Gasteiger partial charge is 0.305 e. The molecule has 2 N–H and O–H groups in total. The summed E-state index contributed by atoms with van der Waals surface area (Å²) in [6.07, 6.45) is 5.10. The number of hydrogen-bond donors (Lipinski definition) is 2. The predicted octanol–water partition coefficient (Wildman–Crippen LogP) is 1.96. The third-order valence-electron chi connectivity index (χ3n) is 4.79. The van der Waals surface area contributed by atoms with Gasteiger partial charge in [-0.2, -0.15) is 5.10 Å². The van der Waals surface area contributed by atoms with E-state index in [2.05, 4.69) is 20.4 Å². The summed E-state index contributed by atoms with van der Waals surface area (Å²) in [4.78, 5) is 24.9. The summed E-state index contributed by atoms with van der Waals surface area (Å²) in [6.45, 7) is 3.77. The number of nitrogens with one attached hydrogen (secondary N) is 1. The molecule has 0 aliphatic carbocycles. The van der Waals surface area contributed by atoms with Crippen molar-refractivity contribution in [2.24, 2.45) is 10.2 Å². The van der Waals surface area contributed by atoms with Crippen LogP contribution in [0.1, 0.15) is 31.2 Å². The quantitative estimate of drug-likeness (QED) is 0.451. The molecule has 2 fully saturated rings. The number of piperidine rings is 1. The highest BCUT2D eigenvalue weighted by molar-refractivity contribution is 8.15. The van der Waals surface area contributed by atoms with Crippen molar-refractivity contribution in [2.45, 2.75) is 30.9 Å². The Morgan fingerprint density at radius 1 is 1.33 bits per heavy atom. The lowest BCUT2D eigenvalue weighted by molar-refractivity contribution is -0.138. The Labute approximate surface area is 179 Å². The van der Waals surface area contributed by atoms with Crippen LogP contribution in [0, 0.1) is 0 Å². The molecule has 162 valence electrons. The molecule has 2 saturated heterocycles. The van der Waals surface area contributed by atoms with Gasteiger partial charge in [0, 0.05) is 6.54 Å². The fourth-order valence-corrected chi connectivity index (χ4v) is 4.16. The van der Waals surface area contributed by atoms with Gasteiger partial charge in [-0.15, -0.1) is 5.10 Å². The Balaban J connectivity index is 1.54. The number of carboxylic acids is 1. The molecule has 1 aromatic carbocycles. The zero-order chi connectivity index (χ0) is 21.3. The van der Waals surface area contributed by atoms with Crippen molar-refractivity contribution in [1.29, 1.82) is 0 Å².